The molecule has 1 aliphatic carbocycles. The molecule has 9 heavy (non-hydrogen) atoms. The van der Waals surface area contributed by atoms with Crippen molar-refractivity contribution < 1.29 is 0 Å². The van der Waals surface area contributed by atoms with Crippen LogP contribution >= 0.6 is 23.2 Å². The van der Waals surface area contributed by atoms with E-state index in [0.717, 1.165) is 11.5 Å². The third-order valence-corrected chi connectivity index (χ3v) is 1.76. The summed E-state index contributed by atoms with van der Waals surface area (Å²) in [5.41, 5.74) is 1.25. The van der Waals surface area contributed by atoms with Gasteiger partial charge in [-0.3, -0.25) is 0 Å². The number of hydrogen-bond acceptors (Lipinski definition) is 0. The summed E-state index contributed by atoms with van der Waals surface area (Å²) in [6.45, 7) is 2.03. The molecule has 0 fully saturated rings. The fraction of sp³-hybridized carbons (Fsp3) is 0.429. The Bertz CT molecular complexity index is 168. The van der Waals surface area contributed by atoms with E-state index in [1.807, 2.05) is 19.1 Å². The predicted octanol–water partition coefficient (Wildman–Crippen LogP) is 3.07. The van der Waals surface area contributed by atoms with Gasteiger partial charge in [-0.2, -0.15) is 0 Å². The second kappa shape index (κ2) is 2.76. The highest BCUT2D eigenvalue weighted by molar-refractivity contribution is 6.32. The zero-order valence-corrected chi connectivity index (χ0v) is 6.71. The van der Waals surface area contributed by atoms with Gasteiger partial charge in [0.25, 0.3) is 0 Å². The van der Waals surface area contributed by atoms with Crippen LogP contribution in [0.2, 0.25) is 0 Å². The molecule has 0 aliphatic heterocycles. The molecule has 0 aromatic carbocycles. The molecule has 0 nitrogen and oxygen atoms in total. The topological polar surface area (TPSA) is 0 Å². The van der Waals surface area contributed by atoms with Gasteiger partial charge in [0, 0.05) is 5.03 Å². The third-order valence-electron chi connectivity index (χ3n) is 1.24. The number of hydrogen-bond donors (Lipinski definition) is 0. The van der Waals surface area contributed by atoms with Gasteiger partial charge in [-0.05, 0) is 25.5 Å². The lowest BCUT2D eigenvalue weighted by Crippen LogP contribution is -1.99. The summed E-state index contributed by atoms with van der Waals surface area (Å²) in [6.07, 6.45) is 4.73. The van der Waals surface area contributed by atoms with Crippen LogP contribution in [0.25, 0.3) is 0 Å². The Morgan fingerprint density at radius 3 is 2.78 bits per heavy atom. The summed E-state index contributed by atoms with van der Waals surface area (Å²) in [5, 5.41) is 0.862. The largest absolute Gasteiger partial charge is 0.118 e. The standard InChI is InChI=1S/C7H8Cl2/c1-5-2-6(8)4-7(9)3-5/h2,4,7H,3H2,1H3/t7-/m0/s1. The molecule has 1 atom stereocenters. The van der Waals surface area contributed by atoms with E-state index in [1.165, 1.54) is 5.57 Å². The van der Waals surface area contributed by atoms with Gasteiger partial charge in [-0.15, -0.1) is 11.6 Å². The van der Waals surface area contributed by atoms with Gasteiger partial charge in [0.2, 0.25) is 0 Å². The molecule has 50 valence electrons. The quantitative estimate of drug-likeness (QED) is 0.481. The Labute approximate surface area is 65.2 Å². The van der Waals surface area contributed by atoms with Crippen molar-refractivity contribution >= 4 is 23.2 Å². The molecule has 0 spiro atoms. The van der Waals surface area contributed by atoms with Crippen molar-refractivity contribution in [3.05, 3.63) is 22.8 Å². The highest BCUT2D eigenvalue weighted by Gasteiger charge is 2.07. The molecule has 0 unspecified atom stereocenters. The Morgan fingerprint density at radius 2 is 2.33 bits per heavy atom. The fourth-order valence-corrected chi connectivity index (χ4v) is 1.66. The first-order valence-corrected chi connectivity index (χ1v) is 3.68. The van der Waals surface area contributed by atoms with Crippen LogP contribution in [0.3, 0.4) is 0 Å². The lowest BCUT2D eigenvalue weighted by Gasteiger charge is -2.09. The van der Waals surface area contributed by atoms with Crippen LogP contribution in [-0.2, 0) is 0 Å². The summed E-state index contributed by atoms with van der Waals surface area (Å²) in [7, 11) is 0. The monoisotopic (exact) mass is 162 g/mol. The van der Waals surface area contributed by atoms with E-state index in [4.69, 9.17) is 23.2 Å². The minimum atomic E-state index is 0.0995. The number of allylic oxidation sites excluding steroid dienone is 4. The molecule has 0 aromatic rings. The van der Waals surface area contributed by atoms with Crippen LogP contribution in [0.15, 0.2) is 22.8 Å². The Hall–Kier alpha value is 0.0600. The second-order valence-electron chi connectivity index (χ2n) is 2.26. The lowest BCUT2D eigenvalue weighted by atomic mass is 10.1. The number of rotatable bonds is 0. The van der Waals surface area contributed by atoms with Crippen molar-refractivity contribution in [3.8, 4) is 0 Å². The molecule has 0 radical (unpaired) electrons. The van der Waals surface area contributed by atoms with Gasteiger partial charge < -0.3 is 0 Å². The molecule has 0 heterocycles. The molecule has 0 bridgehead atoms. The SMILES string of the molecule is CC1=CC(Cl)=C[C@@H](Cl)C1. The first-order valence-electron chi connectivity index (χ1n) is 2.87. The lowest BCUT2D eigenvalue weighted by molar-refractivity contribution is 0.965. The van der Waals surface area contributed by atoms with E-state index in [-0.39, 0.29) is 5.38 Å². The van der Waals surface area contributed by atoms with Gasteiger partial charge in [0.05, 0.1) is 5.38 Å². The van der Waals surface area contributed by atoms with E-state index in [0.29, 0.717) is 0 Å². The van der Waals surface area contributed by atoms with E-state index in [1.54, 1.807) is 0 Å². The first kappa shape index (κ1) is 7.17. The normalized spacial score (nSPS) is 27.2. The van der Waals surface area contributed by atoms with Gasteiger partial charge in [-0.1, -0.05) is 17.2 Å². The minimum absolute atomic E-state index is 0.0995. The average Bonchev–Trinajstić information content (AvgIpc) is 1.59. The van der Waals surface area contributed by atoms with Crippen molar-refractivity contribution in [2.45, 2.75) is 18.7 Å². The smallest absolute Gasteiger partial charge is 0.0570 e. The van der Waals surface area contributed by atoms with E-state index >= 15 is 0 Å². The Balaban J connectivity index is 2.74. The third kappa shape index (κ3) is 2.04. The number of alkyl halides is 1. The van der Waals surface area contributed by atoms with Crippen molar-refractivity contribution in [1.82, 2.24) is 0 Å². The maximum absolute atomic E-state index is 5.80. The van der Waals surface area contributed by atoms with Crippen molar-refractivity contribution in [3.63, 3.8) is 0 Å². The highest BCUT2D eigenvalue weighted by atomic mass is 35.5. The van der Waals surface area contributed by atoms with Crippen molar-refractivity contribution in [2.24, 2.45) is 0 Å². The molecule has 0 amide bonds. The maximum Gasteiger partial charge on any atom is 0.0570 e. The van der Waals surface area contributed by atoms with Crippen molar-refractivity contribution in [1.29, 1.82) is 0 Å². The van der Waals surface area contributed by atoms with Crippen LogP contribution in [-0.4, -0.2) is 5.38 Å². The Kier molecular flexibility index (Phi) is 2.20. The Morgan fingerprint density at radius 1 is 1.67 bits per heavy atom. The molecular weight excluding hydrogens is 155 g/mol. The second-order valence-corrected chi connectivity index (χ2v) is 3.26. The van der Waals surface area contributed by atoms with Gasteiger partial charge in [0.15, 0.2) is 0 Å². The van der Waals surface area contributed by atoms with Gasteiger partial charge >= 0.3 is 0 Å². The predicted molar refractivity (Wildman–Crippen MR) is 42.0 cm³/mol. The molecule has 1 rings (SSSR count). The molecule has 1 aliphatic rings. The molecular formula is C7H8Cl2. The van der Waals surface area contributed by atoms with Gasteiger partial charge in [0.1, 0.15) is 0 Å². The van der Waals surface area contributed by atoms with Crippen LogP contribution in [0.5, 0.6) is 0 Å². The molecule has 0 N–H and O–H groups in total. The molecule has 0 aromatic heterocycles. The van der Waals surface area contributed by atoms with E-state index in [2.05, 4.69) is 0 Å². The summed E-state index contributed by atoms with van der Waals surface area (Å²) >= 11 is 11.5. The fourth-order valence-electron chi connectivity index (χ4n) is 0.882. The zero-order valence-electron chi connectivity index (χ0n) is 5.20. The molecule has 0 saturated heterocycles. The maximum atomic E-state index is 5.80. The molecule has 2 heteroatoms. The summed E-state index contributed by atoms with van der Waals surface area (Å²) in [6, 6.07) is 0. The zero-order chi connectivity index (χ0) is 6.85. The van der Waals surface area contributed by atoms with Crippen LogP contribution < -0.4 is 0 Å². The van der Waals surface area contributed by atoms with E-state index < -0.39 is 0 Å². The first-order chi connectivity index (χ1) is 4.18. The van der Waals surface area contributed by atoms with Gasteiger partial charge in [-0.25, -0.2) is 0 Å². The van der Waals surface area contributed by atoms with E-state index in [9.17, 15) is 0 Å². The van der Waals surface area contributed by atoms with Crippen LogP contribution in [0.1, 0.15) is 13.3 Å². The average molecular weight is 163 g/mol. The highest BCUT2D eigenvalue weighted by Crippen LogP contribution is 2.22. The summed E-state index contributed by atoms with van der Waals surface area (Å²) in [5.74, 6) is 0. The molecule has 0 saturated carbocycles. The summed E-state index contributed by atoms with van der Waals surface area (Å²) < 4.78 is 0. The van der Waals surface area contributed by atoms with Crippen molar-refractivity contribution in [2.75, 3.05) is 0 Å². The summed E-state index contributed by atoms with van der Waals surface area (Å²) in [4.78, 5) is 0. The van der Waals surface area contributed by atoms with Crippen LogP contribution in [0.4, 0.5) is 0 Å². The van der Waals surface area contributed by atoms with Crippen LogP contribution in [0, 0.1) is 0 Å². The minimum Gasteiger partial charge on any atom is -0.118 e. The number of halogens is 2.